The first kappa shape index (κ1) is 15.1. The van der Waals surface area contributed by atoms with E-state index in [2.05, 4.69) is 20.4 Å². The van der Waals surface area contributed by atoms with Crippen LogP contribution < -0.4 is 16.0 Å². The van der Waals surface area contributed by atoms with Gasteiger partial charge in [0.2, 0.25) is 0 Å². The fourth-order valence-corrected chi connectivity index (χ4v) is 2.86. The van der Waals surface area contributed by atoms with Crippen molar-refractivity contribution < 1.29 is 9.47 Å². The summed E-state index contributed by atoms with van der Waals surface area (Å²) in [5.74, 6) is 6.69. The highest BCUT2D eigenvalue weighted by atomic mass is 35.5. The van der Waals surface area contributed by atoms with Gasteiger partial charge in [-0.1, -0.05) is 11.6 Å². The van der Waals surface area contributed by atoms with E-state index < -0.39 is 0 Å². The van der Waals surface area contributed by atoms with Gasteiger partial charge in [-0.25, -0.2) is 20.8 Å². The minimum absolute atomic E-state index is 0.0532. The van der Waals surface area contributed by atoms with Crippen molar-refractivity contribution in [3.05, 3.63) is 41.9 Å². The van der Waals surface area contributed by atoms with Gasteiger partial charge in [-0.2, -0.15) is 0 Å². The van der Waals surface area contributed by atoms with Crippen LogP contribution in [0, 0.1) is 0 Å². The maximum Gasteiger partial charge on any atom is 0.171 e. The third-order valence-electron chi connectivity index (χ3n) is 3.86. The Hall–Kier alpha value is -2.42. The lowest BCUT2D eigenvalue weighted by Crippen LogP contribution is -2.16. The Balaban J connectivity index is 1.51. The summed E-state index contributed by atoms with van der Waals surface area (Å²) in [4.78, 5) is 12.6. The number of nitrogens with one attached hydrogen (secondary N) is 1. The van der Waals surface area contributed by atoms with Crippen molar-refractivity contribution in [2.45, 2.75) is 18.8 Å². The van der Waals surface area contributed by atoms with Crippen LogP contribution >= 0.6 is 11.6 Å². The Morgan fingerprint density at radius 2 is 2.08 bits per heavy atom. The molecule has 24 heavy (non-hydrogen) atoms. The molecule has 0 amide bonds. The van der Waals surface area contributed by atoms with E-state index in [0.29, 0.717) is 35.0 Å². The lowest BCUT2D eigenvalue weighted by atomic mass is 10.2. The average Bonchev–Trinajstić information content (AvgIpc) is 3.23. The van der Waals surface area contributed by atoms with Crippen LogP contribution in [0.25, 0.3) is 11.2 Å². The van der Waals surface area contributed by atoms with Crippen molar-refractivity contribution >= 4 is 28.6 Å². The summed E-state index contributed by atoms with van der Waals surface area (Å²) in [5.41, 5.74) is 3.78. The third-order valence-corrected chi connectivity index (χ3v) is 4.11. The van der Waals surface area contributed by atoms with E-state index in [1.807, 2.05) is 16.7 Å². The van der Waals surface area contributed by atoms with Crippen LogP contribution in [-0.2, 0) is 4.74 Å². The van der Waals surface area contributed by atoms with E-state index >= 15 is 0 Å². The molecule has 0 saturated carbocycles. The topological polar surface area (TPSA) is 100 Å². The molecule has 9 heteroatoms. The summed E-state index contributed by atoms with van der Waals surface area (Å²) in [7, 11) is 0. The quantitative estimate of drug-likeness (QED) is 0.551. The molecule has 2 atom stereocenters. The molecule has 2 aromatic heterocycles. The normalized spacial score (nSPS) is 20.4. The fraction of sp³-hybridized carbons (Fsp3) is 0.267. The zero-order valence-electron chi connectivity index (χ0n) is 12.6. The number of fused-ring (bicyclic) bond motifs is 1. The summed E-state index contributed by atoms with van der Waals surface area (Å²) in [6.07, 6.45) is 3.54. The number of nitrogens with two attached hydrogens (primary N) is 1. The molecule has 3 aromatic rings. The number of anilines is 1. The van der Waals surface area contributed by atoms with Crippen molar-refractivity contribution in [3.63, 3.8) is 0 Å². The number of hydrazine groups is 1. The summed E-state index contributed by atoms with van der Waals surface area (Å²) >= 11 is 5.88. The third kappa shape index (κ3) is 2.75. The Labute approximate surface area is 142 Å². The van der Waals surface area contributed by atoms with Gasteiger partial charge >= 0.3 is 0 Å². The van der Waals surface area contributed by atoms with E-state index in [0.717, 1.165) is 5.75 Å². The molecule has 0 bridgehead atoms. The number of nitrogen functional groups attached to an aromatic ring is 1. The molecule has 1 aliphatic heterocycles. The monoisotopic (exact) mass is 346 g/mol. The van der Waals surface area contributed by atoms with Crippen molar-refractivity contribution in [2.75, 3.05) is 12.0 Å². The van der Waals surface area contributed by atoms with Crippen molar-refractivity contribution in [1.29, 1.82) is 0 Å². The molecule has 1 fully saturated rings. The maximum absolute atomic E-state index is 5.93. The number of benzene rings is 1. The number of rotatable bonds is 4. The summed E-state index contributed by atoms with van der Waals surface area (Å²) in [6.45, 7) is 0.486. The highest BCUT2D eigenvalue weighted by molar-refractivity contribution is 6.30. The Morgan fingerprint density at radius 1 is 1.25 bits per heavy atom. The van der Waals surface area contributed by atoms with Crippen molar-refractivity contribution in [2.24, 2.45) is 5.84 Å². The number of halogens is 1. The second-order valence-electron chi connectivity index (χ2n) is 5.41. The second kappa shape index (κ2) is 6.23. The number of hydrogen-bond donors (Lipinski definition) is 2. The molecule has 8 nitrogen and oxygen atoms in total. The zero-order chi connectivity index (χ0) is 16.5. The average molecular weight is 347 g/mol. The van der Waals surface area contributed by atoms with Gasteiger partial charge in [0.1, 0.15) is 24.4 Å². The summed E-state index contributed by atoms with van der Waals surface area (Å²) < 4.78 is 13.6. The molecule has 3 heterocycles. The van der Waals surface area contributed by atoms with Crippen LogP contribution in [0.15, 0.2) is 36.9 Å². The van der Waals surface area contributed by atoms with E-state index in [9.17, 15) is 0 Å². The number of nitrogens with zero attached hydrogens (tertiary/aromatic N) is 4. The lowest BCUT2D eigenvalue weighted by Gasteiger charge is -2.13. The van der Waals surface area contributed by atoms with Gasteiger partial charge in [0.05, 0.1) is 12.9 Å². The first-order valence-electron chi connectivity index (χ1n) is 7.42. The van der Waals surface area contributed by atoms with Crippen LogP contribution in [0.2, 0.25) is 5.02 Å². The van der Waals surface area contributed by atoms with Crippen molar-refractivity contribution in [3.8, 4) is 5.75 Å². The standard InChI is InChI=1S/C15H15ClN6O2/c16-9-1-3-10(4-2-9)24-11-5-12(23-6-11)22-8-20-13-14(21-17)18-7-19-15(13)22/h1-4,7-8,11-12H,5-6,17H2,(H,18,19,21). The minimum Gasteiger partial charge on any atom is -0.488 e. The molecule has 1 saturated heterocycles. The van der Waals surface area contributed by atoms with Gasteiger partial charge in [-0.3, -0.25) is 4.57 Å². The Kier molecular flexibility index (Phi) is 3.93. The molecular formula is C15H15ClN6O2. The minimum atomic E-state index is -0.201. The molecular weight excluding hydrogens is 332 g/mol. The first-order valence-corrected chi connectivity index (χ1v) is 7.80. The van der Waals surface area contributed by atoms with Crippen LogP contribution in [0.1, 0.15) is 12.6 Å². The molecule has 0 radical (unpaired) electrons. The highest BCUT2D eigenvalue weighted by Crippen LogP contribution is 2.30. The van der Waals surface area contributed by atoms with Gasteiger partial charge in [-0.15, -0.1) is 0 Å². The van der Waals surface area contributed by atoms with E-state index in [4.69, 9.17) is 26.9 Å². The van der Waals surface area contributed by atoms with Crippen LogP contribution in [-0.4, -0.2) is 32.2 Å². The highest BCUT2D eigenvalue weighted by Gasteiger charge is 2.30. The summed E-state index contributed by atoms with van der Waals surface area (Å²) in [6, 6.07) is 7.28. The molecule has 0 aliphatic carbocycles. The van der Waals surface area contributed by atoms with E-state index in [1.165, 1.54) is 6.33 Å². The molecule has 0 spiro atoms. The van der Waals surface area contributed by atoms with Crippen LogP contribution in [0.5, 0.6) is 5.75 Å². The predicted octanol–water partition coefficient (Wildman–Crippen LogP) is 2.13. The Morgan fingerprint density at radius 3 is 2.88 bits per heavy atom. The molecule has 1 aromatic carbocycles. The molecule has 124 valence electrons. The maximum atomic E-state index is 5.93. The van der Waals surface area contributed by atoms with Gasteiger partial charge < -0.3 is 14.9 Å². The molecule has 2 unspecified atom stereocenters. The number of hydrogen-bond acceptors (Lipinski definition) is 7. The fourth-order valence-electron chi connectivity index (χ4n) is 2.73. The lowest BCUT2D eigenvalue weighted by molar-refractivity contribution is 0.0523. The largest absolute Gasteiger partial charge is 0.488 e. The van der Waals surface area contributed by atoms with Gasteiger partial charge in [0.25, 0.3) is 0 Å². The smallest absolute Gasteiger partial charge is 0.171 e. The van der Waals surface area contributed by atoms with E-state index in [1.54, 1.807) is 18.5 Å². The van der Waals surface area contributed by atoms with Crippen LogP contribution in [0.4, 0.5) is 5.82 Å². The second-order valence-corrected chi connectivity index (χ2v) is 5.84. The number of aromatic nitrogens is 4. The Bertz CT molecular complexity index is 853. The predicted molar refractivity (Wildman–Crippen MR) is 88.6 cm³/mol. The summed E-state index contributed by atoms with van der Waals surface area (Å²) in [5, 5.41) is 0.678. The SMILES string of the molecule is NNc1ncnc2c1ncn2C1CC(Oc2ccc(Cl)cc2)CO1. The van der Waals surface area contributed by atoms with Gasteiger partial charge in [0.15, 0.2) is 17.0 Å². The number of imidazole rings is 1. The molecule has 3 N–H and O–H groups in total. The number of ether oxygens (including phenoxy) is 2. The zero-order valence-corrected chi connectivity index (χ0v) is 13.3. The van der Waals surface area contributed by atoms with E-state index in [-0.39, 0.29) is 12.3 Å². The van der Waals surface area contributed by atoms with Crippen LogP contribution in [0.3, 0.4) is 0 Å². The van der Waals surface area contributed by atoms with Crippen molar-refractivity contribution in [1.82, 2.24) is 19.5 Å². The van der Waals surface area contributed by atoms with Gasteiger partial charge in [-0.05, 0) is 24.3 Å². The van der Waals surface area contributed by atoms with Gasteiger partial charge in [0, 0.05) is 11.4 Å². The molecule has 4 rings (SSSR count). The molecule has 1 aliphatic rings. The first-order chi connectivity index (χ1) is 11.7.